The predicted octanol–water partition coefficient (Wildman–Crippen LogP) is 2.56. The first-order valence-corrected chi connectivity index (χ1v) is 7.27. The average Bonchev–Trinajstić information content (AvgIpc) is 2.95. The van der Waals surface area contributed by atoms with Gasteiger partial charge in [0.15, 0.2) is 5.69 Å². The maximum absolute atomic E-state index is 12.0. The predicted molar refractivity (Wildman–Crippen MR) is 84.8 cm³/mol. The highest BCUT2D eigenvalue weighted by Gasteiger charge is 2.29. The van der Waals surface area contributed by atoms with Crippen molar-refractivity contribution in [2.45, 2.75) is 33.1 Å². The van der Waals surface area contributed by atoms with Gasteiger partial charge in [-0.3, -0.25) is 10.1 Å². The van der Waals surface area contributed by atoms with Gasteiger partial charge in [0.25, 0.3) is 0 Å². The maximum Gasteiger partial charge on any atom is 0.361 e. The number of nitrogens with zero attached hydrogens (tertiary/aromatic N) is 3. The van der Waals surface area contributed by atoms with Crippen LogP contribution in [0.5, 0.6) is 5.75 Å². The fourth-order valence-corrected chi connectivity index (χ4v) is 2.13. The summed E-state index contributed by atoms with van der Waals surface area (Å²) in [5.41, 5.74) is -0.366. The molecule has 0 radical (unpaired) electrons. The Morgan fingerprint density at radius 2 is 2.04 bits per heavy atom. The normalized spacial score (nSPS) is 11.3. The number of nitro benzene ring substituents is 1. The first kappa shape index (κ1) is 17.4. The fraction of sp³-hybridized carbons (Fsp3) is 0.400. The van der Waals surface area contributed by atoms with Crippen molar-refractivity contribution >= 4 is 11.7 Å². The van der Waals surface area contributed by atoms with Crippen LogP contribution >= 0.6 is 0 Å². The minimum Gasteiger partial charge on any atom is -0.502 e. The Bertz CT molecular complexity index is 792. The highest BCUT2D eigenvalue weighted by atomic mass is 16.6. The van der Waals surface area contributed by atoms with E-state index in [0.29, 0.717) is 5.56 Å². The molecule has 0 spiro atoms. The van der Waals surface area contributed by atoms with E-state index in [4.69, 9.17) is 4.74 Å². The van der Waals surface area contributed by atoms with Crippen molar-refractivity contribution in [2.24, 2.45) is 0 Å². The van der Waals surface area contributed by atoms with E-state index in [-0.39, 0.29) is 23.6 Å². The summed E-state index contributed by atoms with van der Waals surface area (Å²) in [5, 5.41) is 31.4. The average molecular weight is 334 g/mol. The number of H-pyrrole nitrogens is 1. The van der Waals surface area contributed by atoms with Crippen LogP contribution in [0.2, 0.25) is 0 Å². The Morgan fingerprint density at radius 3 is 2.58 bits per heavy atom. The van der Waals surface area contributed by atoms with Crippen molar-refractivity contribution in [1.29, 1.82) is 0 Å². The molecule has 24 heavy (non-hydrogen) atoms. The molecular formula is C15H18N4O5. The van der Waals surface area contributed by atoms with Gasteiger partial charge in [0.1, 0.15) is 5.69 Å². The largest absolute Gasteiger partial charge is 0.502 e. The number of hydrogen-bond acceptors (Lipinski definition) is 7. The van der Waals surface area contributed by atoms with E-state index in [1.54, 1.807) is 13.0 Å². The molecule has 2 rings (SSSR count). The molecule has 128 valence electrons. The molecule has 0 atom stereocenters. The third-order valence-electron chi connectivity index (χ3n) is 3.42. The zero-order valence-electron chi connectivity index (χ0n) is 13.8. The lowest BCUT2D eigenvalue weighted by Gasteiger charge is -2.20. The fourth-order valence-electron chi connectivity index (χ4n) is 2.13. The number of phenolic OH excluding ortho intramolecular Hbond substituents is 1. The molecule has 0 saturated carbocycles. The Morgan fingerprint density at radius 1 is 1.38 bits per heavy atom. The van der Waals surface area contributed by atoms with Gasteiger partial charge in [-0.15, -0.1) is 5.10 Å². The van der Waals surface area contributed by atoms with E-state index in [1.165, 1.54) is 6.07 Å². The van der Waals surface area contributed by atoms with Crippen LogP contribution in [0.1, 0.15) is 43.7 Å². The summed E-state index contributed by atoms with van der Waals surface area (Å²) in [7, 11) is 0. The summed E-state index contributed by atoms with van der Waals surface area (Å²) in [5.74, 6) is -1.31. The van der Waals surface area contributed by atoms with Crippen molar-refractivity contribution in [3.8, 4) is 17.0 Å². The molecule has 0 unspecified atom stereocenters. The Hall–Kier alpha value is -2.97. The first-order valence-electron chi connectivity index (χ1n) is 7.27. The molecule has 9 nitrogen and oxygen atoms in total. The van der Waals surface area contributed by atoms with Crippen LogP contribution in [0.15, 0.2) is 12.1 Å². The second-order valence-corrected chi connectivity index (χ2v) is 6.14. The lowest BCUT2D eigenvalue weighted by molar-refractivity contribution is -0.385. The summed E-state index contributed by atoms with van der Waals surface area (Å²) in [6, 6.07) is 2.87. The van der Waals surface area contributed by atoms with Gasteiger partial charge in [0.05, 0.1) is 17.1 Å². The molecule has 1 aromatic carbocycles. The quantitative estimate of drug-likeness (QED) is 0.499. The number of aromatic nitrogens is 3. The van der Waals surface area contributed by atoms with Gasteiger partial charge in [-0.25, -0.2) is 4.79 Å². The molecule has 0 saturated heterocycles. The van der Waals surface area contributed by atoms with Crippen molar-refractivity contribution in [1.82, 2.24) is 15.4 Å². The van der Waals surface area contributed by atoms with Gasteiger partial charge in [-0.05, 0) is 24.0 Å². The molecule has 0 aliphatic rings. The van der Waals surface area contributed by atoms with Crippen LogP contribution in [0, 0.1) is 10.1 Å². The molecule has 1 aromatic heterocycles. The first-order chi connectivity index (χ1) is 11.2. The number of phenols is 1. The van der Waals surface area contributed by atoms with Crippen LogP contribution in [-0.4, -0.2) is 38.0 Å². The van der Waals surface area contributed by atoms with Crippen molar-refractivity contribution in [2.75, 3.05) is 6.61 Å². The van der Waals surface area contributed by atoms with E-state index in [9.17, 15) is 20.0 Å². The number of benzene rings is 1. The van der Waals surface area contributed by atoms with E-state index < -0.39 is 27.7 Å². The van der Waals surface area contributed by atoms with E-state index >= 15 is 0 Å². The summed E-state index contributed by atoms with van der Waals surface area (Å²) in [6.45, 7) is 7.41. The van der Waals surface area contributed by atoms with Crippen molar-refractivity contribution < 1.29 is 19.6 Å². The highest BCUT2D eigenvalue weighted by molar-refractivity contribution is 5.95. The monoisotopic (exact) mass is 334 g/mol. The Balaban J connectivity index is 2.71. The van der Waals surface area contributed by atoms with Gasteiger partial charge >= 0.3 is 11.7 Å². The topological polar surface area (TPSA) is 131 Å². The minimum atomic E-state index is -0.732. The molecule has 0 aliphatic heterocycles. The third kappa shape index (κ3) is 3.19. The van der Waals surface area contributed by atoms with E-state index in [1.807, 2.05) is 20.8 Å². The number of carbonyl (C=O) groups is 1. The zero-order valence-corrected chi connectivity index (χ0v) is 13.8. The van der Waals surface area contributed by atoms with Crippen LogP contribution < -0.4 is 0 Å². The van der Waals surface area contributed by atoms with Crippen molar-refractivity contribution in [3.63, 3.8) is 0 Å². The van der Waals surface area contributed by atoms with Crippen LogP contribution in [0.4, 0.5) is 5.69 Å². The van der Waals surface area contributed by atoms with E-state index in [2.05, 4.69) is 15.4 Å². The van der Waals surface area contributed by atoms with Gasteiger partial charge in [-0.2, -0.15) is 10.3 Å². The Kier molecular flexibility index (Phi) is 4.54. The molecule has 2 aromatic rings. The molecule has 0 bridgehead atoms. The lowest BCUT2D eigenvalue weighted by Crippen LogP contribution is -2.12. The summed E-state index contributed by atoms with van der Waals surface area (Å²) in [6.07, 6.45) is 0. The summed E-state index contributed by atoms with van der Waals surface area (Å²) < 4.78 is 4.89. The smallest absolute Gasteiger partial charge is 0.361 e. The number of aromatic amines is 1. The summed E-state index contributed by atoms with van der Waals surface area (Å²) in [4.78, 5) is 22.5. The van der Waals surface area contributed by atoms with Crippen LogP contribution in [-0.2, 0) is 10.2 Å². The van der Waals surface area contributed by atoms with Crippen molar-refractivity contribution in [3.05, 3.63) is 33.5 Å². The van der Waals surface area contributed by atoms with Crippen LogP contribution in [0.25, 0.3) is 11.3 Å². The highest BCUT2D eigenvalue weighted by Crippen LogP contribution is 2.41. The zero-order chi connectivity index (χ0) is 18.1. The maximum atomic E-state index is 12.0. The minimum absolute atomic E-state index is 0.000139. The molecule has 0 amide bonds. The van der Waals surface area contributed by atoms with Gasteiger partial charge in [-0.1, -0.05) is 20.8 Å². The standard InChI is InChI=1S/C15H18N4O5/c1-5-24-14(21)12-11(16-18-17-12)9-6-8(15(2,3)4)7-10(13(9)20)19(22)23/h6-7,20H,5H2,1-4H3,(H,16,17,18). The van der Waals surface area contributed by atoms with E-state index in [0.717, 1.165) is 0 Å². The summed E-state index contributed by atoms with van der Waals surface area (Å²) >= 11 is 0. The number of nitrogens with one attached hydrogen (secondary N) is 1. The Labute approximate surface area is 137 Å². The van der Waals surface area contributed by atoms with Gasteiger partial charge in [0.2, 0.25) is 5.75 Å². The second-order valence-electron chi connectivity index (χ2n) is 6.14. The number of aromatic hydroxyl groups is 1. The molecule has 2 N–H and O–H groups in total. The number of rotatable bonds is 4. The van der Waals surface area contributed by atoms with Gasteiger partial charge < -0.3 is 9.84 Å². The molecule has 0 aliphatic carbocycles. The third-order valence-corrected chi connectivity index (χ3v) is 3.42. The molecule has 0 fully saturated rings. The van der Waals surface area contributed by atoms with Crippen LogP contribution in [0.3, 0.4) is 0 Å². The lowest BCUT2D eigenvalue weighted by atomic mass is 9.85. The number of nitro groups is 1. The van der Waals surface area contributed by atoms with Gasteiger partial charge in [0, 0.05) is 6.07 Å². The number of carbonyl (C=O) groups excluding carboxylic acids is 1. The number of ether oxygens (including phenoxy) is 1. The number of hydrogen-bond donors (Lipinski definition) is 2. The SMILES string of the molecule is CCOC(=O)c1n[nH]nc1-c1cc(C(C)(C)C)cc([N+](=O)[O-])c1O. The molecule has 1 heterocycles. The second kappa shape index (κ2) is 6.26. The molecule has 9 heteroatoms. The molecular weight excluding hydrogens is 316 g/mol. The number of esters is 1.